The Morgan fingerprint density at radius 1 is 0.703 bits per heavy atom. The Hall–Kier alpha value is -8.23. The molecule has 3 N–H and O–H groups in total. The molecule has 1 atom stereocenters. The van der Waals surface area contributed by atoms with Gasteiger partial charge in [-0.05, 0) is 98.6 Å². The van der Waals surface area contributed by atoms with Gasteiger partial charge < -0.3 is 14.9 Å². The fourth-order valence-electron chi connectivity index (χ4n) is 8.52. The first kappa shape index (κ1) is 41.1. The number of fused-ring (bicyclic) bond motifs is 5. The molecule has 6 aromatic carbocycles. The van der Waals surface area contributed by atoms with Crippen LogP contribution in [-0.2, 0) is 6.54 Å². The van der Waals surface area contributed by atoms with Crippen LogP contribution in [0.5, 0.6) is 0 Å². The summed E-state index contributed by atoms with van der Waals surface area (Å²) in [5.41, 5.74) is 17.5. The minimum Gasteiger partial charge on any atom is -0.383 e. The molecule has 0 fully saturated rings. The Kier molecular flexibility index (Phi) is 11.8. The summed E-state index contributed by atoms with van der Waals surface area (Å²) in [5.74, 6) is 1.83. The number of aliphatic imine (C=N–C) groups is 4. The number of benzene rings is 6. The molecule has 1 aliphatic rings. The van der Waals surface area contributed by atoms with Crippen LogP contribution in [0.2, 0.25) is 0 Å². The first-order chi connectivity index (χ1) is 31.5. The minimum atomic E-state index is 0.0428. The monoisotopic (exact) mass is 832 g/mol. The number of nitrogens with two attached hydrogens (primary N) is 1. The molecule has 1 aliphatic carbocycles. The van der Waals surface area contributed by atoms with E-state index < -0.39 is 0 Å². The maximum Gasteiger partial charge on any atom is 0.157 e. The van der Waals surface area contributed by atoms with Crippen LogP contribution < -0.4 is 5.73 Å². The lowest BCUT2D eigenvalue weighted by atomic mass is 9.99. The number of hydrogen-bond acceptors (Lipinski definition) is 2. The molecule has 312 valence electrons. The quantitative estimate of drug-likeness (QED) is 0.104. The molecule has 9 rings (SSSR count). The van der Waals surface area contributed by atoms with Crippen LogP contribution in [0, 0.1) is 11.3 Å². The Balaban J connectivity index is 1.11. The SMILES string of the molecule is C=Cc1c(/C=C\C)n(-c2ccc(/C(N)=N/C(=N\Cc3ccccc3)c3ccccc3)cc2)c2ccc3c(c4ccccc4n3-c3ccc(C(=N)/N=C(\N=C\C)C4C=CC=CC4)cc3)c12. The van der Waals surface area contributed by atoms with Crippen molar-refractivity contribution in [2.24, 2.45) is 31.6 Å². The zero-order valence-electron chi connectivity index (χ0n) is 35.9. The molecule has 0 saturated carbocycles. The first-order valence-corrected chi connectivity index (χ1v) is 21.5. The van der Waals surface area contributed by atoms with E-state index in [9.17, 15) is 0 Å². The summed E-state index contributed by atoms with van der Waals surface area (Å²) < 4.78 is 4.60. The molecule has 2 aromatic heterocycles. The Labute approximate surface area is 373 Å². The second-order valence-electron chi connectivity index (χ2n) is 15.5. The van der Waals surface area contributed by atoms with E-state index in [2.05, 4.69) is 123 Å². The van der Waals surface area contributed by atoms with Gasteiger partial charge in [-0.2, -0.15) is 0 Å². The van der Waals surface area contributed by atoms with Gasteiger partial charge in [0.2, 0.25) is 0 Å². The van der Waals surface area contributed by atoms with E-state index in [4.69, 9.17) is 21.1 Å². The third-order valence-corrected chi connectivity index (χ3v) is 11.5. The molecule has 0 saturated heterocycles. The van der Waals surface area contributed by atoms with Gasteiger partial charge in [0.15, 0.2) is 11.7 Å². The van der Waals surface area contributed by atoms with Gasteiger partial charge in [0.05, 0.1) is 28.8 Å². The molecule has 0 amide bonds. The minimum absolute atomic E-state index is 0.0428. The van der Waals surface area contributed by atoms with Crippen LogP contribution in [0.4, 0.5) is 0 Å². The van der Waals surface area contributed by atoms with E-state index >= 15 is 0 Å². The van der Waals surface area contributed by atoms with Crippen molar-refractivity contribution in [2.45, 2.75) is 26.8 Å². The number of nitrogens with zero attached hydrogens (tertiary/aromatic N) is 6. The molecule has 0 aliphatic heterocycles. The highest BCUT2D eigenvalue weighted by Crippen LogP contribution is 2.42. The lowest BCUT2D eigenvalue weighted by molar-refractivity contribution is 0.860. The van der Waals surface area contributed by atoms with Crippen LogP contribution in [0.3, 0.4) is 0 Å². The van der Waals surface area contributed by atoms with Gasteiger partial charge in [-0.3, -0.25) is 10.4 Å². The third kappa shape index (κ3) is 8.00. The summed E-state index contributed by atoms with van der Waals surface area (Å²) in [7, 11) is 0. The van der Waals surface area contributed by atoms with Gasteiger partial charge in [-0.15, -0.1) is 0 Å². The van der Waals surface area contributed by atoms with Crippen LogP contribution >= 0.6 is 0 Å². The van der Waals surface area contributed by atoms with Crippen LogP contribution in [0.15, 0.2) is 203 Å². The van der Waals surface area contributed by atoms with Crippen LogP contribution in [0.1, 0.15) is 53.8 Å². The number of amidine groups is 4. The van der Waals surface area contributed by atoms with Crippen molar-refractivity contribution in [3.63, 3.8) is 0 Å². The van der Waals surface area contributed by atoms with E-state index in [1.807, 2.05) is 105 Å². The van der Waals surface area contributed by atoms with Crippen molar-refractivity contribution in [1.82, 2.24) is 9.13 Å². The number of hydrogen-bond donors (Lipinski definition) is 2. The predicted octanol–water partition coefficient (Wildman–Crippen LogP) is 12.7. The van der Waals surface area contributed by atoms with Gasteiger partial charge in [-0.1, -0.05) is 122 Å². The molecule has 2 heterocycles. The van der Waals surface area contributed by atoms with Gasteiger partial charge in [-0.25, -0.2) is 15.0 Å². The smallest absolute Gasteiger partial charge is 0.157 e. The van der Waals surface area contributed by atoms with Crippen molar-refractivity contribution in [1.29, 1.82) is 5.41 Å². The molecule has 8 nitrogen and oxygen atoms in total. The Morgan fingerprint density at radius 3 is 2.03 bits per heavy atom. The van der Waals surface area contributed by atoms with E-state index in [1.165, 1.54) is 0 Å². The van der Waals surface area contributed by atoms with E-state index in [1.54, 1.807) is 6.21 Å². The molecule has 0 bridgehead atoms. The number of rotatable bonds is 10. The summed E-state index contributed by atoms with van der Waals surface area (Å²) in [6.45, 7) is 8.76. The van der Waals surface area contributed by atoms with Crippen molar-refractivity contribution >= 4 is 74.4 Å². The van der Waals surface area contributed by atoms with Crippen molar-refractivity contribution in [3.05, 3.63) is 216 Å². The van der Waals surface area contributed by atoms with Crippen LogP contribution in [0.25, 0.3) is 56.2 Å². The number of allylic oxidation sites excluding steroid dienone is 4. The summed E-state index contributed by atoms with van der Waals surface area (Å²) in [4.78, 5) is 19.0. The van der Waals surface area contributed by atoms with E-state index in [0.717, 1.165) is 84.0 Å². The number of para-hydroxylation sites is 1. The van der Waals surface area contributed by atoms with E-state index in [-0.39, 0.29) is 11.8 Å². The zero-order valence-corrected chi connectivity index (χ0v) is 35.9. The second-order valence-corrected chi connectivity index (χ2v) is 15.5. The van der Waals surface area contributed by atoms with Gasteiger partial charge in [0.25, 0.3) is 0 Å². The van der Waals surface area contributed by atoms with Crippen LogP contribution in [-0.4, -0.2) is 38.7 Å². The second kappa shape index (κ2) is 18.4. The Morgan fingerprint density at radius 2 is 1.36 bits per heavy atom. The highest BCUT2D eigenvalue weighted by atomic mass is 15.0. The first-order valence-electron chi connectivity index (χ1n) is 21.5. The predicted molar refractivity (Wildman–Crippen MR) is 271 cm³/mol. The number of aromatic nitrogens is 2. The lowest BCUT2D eigenvalue weighted by Crippen LogP contribution is -2.16. The summed E-state index contributed by atoms with van der Waals surface area (Å²) >= 11 is 0. The largest absolute Gasteiger partial charge is 0.383 e. The Bertz CT molecular complexity index is 3240. The average molecular weight is 833 g/mol. The molecule has 64 heavy (non-hydrogen) atoms. The van der Waals surface area contributed by atoms with Crippen molar-refractivity contribution in [3.8, 4) is 11.4 Å². The van der Waals surface area contributed by atoms with Gasteiger partial charge in [0.1, 0.15) is 11.7 Å². The maximum atomic E-state index is 8.92. The molecule has 0 radical (unpaired) electrons. The summed E-state index contributed by atoms with van der Waals surface area (Å²) in [5, 5.41) is 12.3. The highest BCUT2D eigenvalue weighted by Gasteiger charge is 2.22. The summed E-state index contributed by atoms with van der Waals surface area (Å²) in [6, 6.07) is 49.4. The van der Waals surface area contributed by atoms with E-state index in [0.29, 0.717) is 24.1 Å². The molecule has 0 spiro atoms. The molecule has 1 unspecified atom stereocenters. The fourth-order valence-corrected chi connectivity index (χ4v) is 8.52. The maximum absolute atomic E-state index is 8.92. The van der Waals surface area contributed by atoms with Gasteiger partial charge in [0, 0.05) is 61.9 Å². The standard InChI is InChI=1S/C56H48N8/c1-4-18-47-45(5-2)51-49(63(47)43-31-27-40(28-32-43)54(58)62-56(42-23-14-9-15-24-42)60-37-38-19-10-7-11-20-38)35-36-50-52(51)46-25-16-17-26-48(46)64(50)44-33-29-39(30-34-44)53(57)61-55(59-6-3)41-21-12-8-13-22-41/h4-21,23-36,41,57H,2,22,37H2,1,3H3,(H2,58,60,62)/b18-4-,57-53?,59-6+,61-55-. The third-order valence-electron chi connectivity index (χ3n) is 11.5. The molecular formula is C56H48N8. The zero-order chi connectivity index (χ0) is 44.0. The summed E-state index contributed by atoms with van der Waals surface area (Å²) in [6.07, 6.45) is 17.0. The fraction of sp³-hybridized carbons (Fsp3) is 0.0893. The highest BCUT2D eigenvalue weighted by molar-refractivity contribution is 6.24. The number of nitrogens with one attached hydrogen (secondary N) is 1. The van der Waals surface area contributed by atoms with Gasteiger partial charge >= 0.3 is 0 Å². The molecule has 8 heteroatoms. The molecule has 8 aromatic rings. The lowest BCUT2D eigenvalue weighted by Gasteiger charge is -2.13. The average Bonchev–Trinajstić information content (AvgIpc) is 3.85. The van der Waals surface area contributed by atoms with Crippen molar-refractivity contribution < 1.29 is 0 Å². The molecular weight excluding hydrogens is 785 g/mol. The topological polar surface area (TPSA) is 109 Å². The van der Waals surface area contributed by atoms with Crippen molar-refractivity contribution in [2.75, 3.05) is 0 Å². The normalized spacial score (nSPS) is 14.8.